The molecule has 0 spiro atoms. The number of aromatic nitrogens is 2. The number of aromatic amines is 1. The lowest BCUT2D eigenvalue weighted by molar-refractivity contribution is 0.634. The molecule has 11 heavy (non-hydrogen) atoms. The SMILES string of the molecule is Nc1c(F)ccc2[nH]cnc12. The van der Waals surface area contributed by atoms with Crippen LogP contribution in [-0.2, 0) is 0 Å². The molecule has 0 aliphatic heterocycles. The molecule has 0 aliphatic rings. The van der Waals surface area contributed by atoms with Crippen LogP contribution in [0.15, 0.2) is 18.5 Å². The van der Waals surface area contributed by atoms with Crippen molar-refractivity contribution in [3.63, 3.8) is 0 Å². The number of nitrogen functional groups attached to an aromatic ring is 1. The maximum absolute atomic E-state index is 12.7. The van der Waals surface area contributed by atoms with Crippen molar-refractivity contribution in [2.24, 2.45) is 0 Å². The average molecular weight is 151 g/mol. The maximum Gasteiger partial charge on any atom is 0.148 e. The summed E-state index contributed by atoms with van der Waals surface area (Å²) < 4.78 is 12.7. The highest BCUT2D eigenvalue weighted by Gasteiger charge is 2.04. The number of anilines is 1. The van der Waals surface area contributed by atoms with Crippen LogP contribution in [0.1, 0.15) is 0 Å². The summed E-state index contributed by atoms with van der Waals surface area (Å²) in [5, 5.41) is 0. The van der Waals surface area contributed by atoms with Gasteiger partial charge in [-0.05, 0) is 12.1 Å². The molecule has 0 fully saturated rings. The molecule has 3 N–H and O–H groups in total. The first-order valence-electron chi connectivity index (χ1n) is 3.16. The van der Waals surface area contributed by atoms with Crippen LogP contribution in [0.4, 0.5) is 10.1 Å². The van der Waals surface area contributed by atoms with Crippen molar-refractivity contribution in [1.29, 1.82) is 0 Å². The first-order valence-corrected chi connectivity index (χ1v) is 3.16. The number of nitrogens with one attached hydrogen (secondary N) is 1. The van der Waals surface area contributed by atoms with Crippen LogP contribution in [0.25, 0.3) is 11.0 Å². The average Bonchev–Trinajstić information content (AvgIpc) is 2.45. The van der Waals surface area contributed by atoms with E-state index in [-0.39, 0.29) is 5.69 Å². The predicted octanol–water partition coefficient (Wildman–Crippen LogP) is 1.28. The van der Waals surface area contributed by atoms with E-state index in [1.807, 2.05) is 0 Å². The van der Waals surface area contributed by atoms with Crippen LogP contribution in [0, 0.1) is 5.82 Å². The van der Waals surface area contributed by atoms with Crippen LogP contribution in [0.5, 0.6) is 0 Å². The lowest BCUT2D eigenvalue weighted by atomic mass is 10.2. The molecule has 0 atom stereocenters. The van der Waals surface area contributed by atoms with Crippen molar-refractivity contribution in [3.05, 3.63) is 24.3 Å². The molecule has 1 aromatic heterocycles. The van der Waals surface area contributed by atoms with E-state index in [1.54, 1.807) is 6.07 Å². The number of nitrogens with two attached hydrogens (primary N) is 1. The first-order chi connectivity index (χ1) is 5.29. The monoisotopic (exact) mass is 151 g/mol. The summed E-state index contributed by atoms with van der Waals surface area (Å²) in [5.74, 6) is -0.426. The minimum absolute atomic E-state index is 0.101. The van der Waals surface area contributed by atoms with Gasteiger partial charge in [0.1, 0.15) is 11.3 Å². The van der Waals surface area contributed by atoms with Crippen molar-refractivity contribution in [3.8, 4) is 0 Å². The van der Waals surface area contributed by atoms with Gasteiger partial charge in [-0.3, -0.25) is 0 Å². The number of rotatable bonds is 0. The molecule has 56 valence electrons. The Balaban J connectivity index is 2.93. The van der Waals surface area contributed by atoms with Gasteiger partial charge in [-0.25, -0.2) is 9.37 Å². The molecule has 1 aromatic carbocycles. The second kappa shape index (κ2) is 1.95. The fraction of sp³-hybridized carbons (Fsp3) is 0. The summed E-state index contributed by atoms with van der Waals surface area (Å²) in [6, 6.07) is 2.92. The Morgan fingerprint density at radius 3 is 3.09 bits per heavy atom. The predicted molar refractivity (Wildman–Crippen MR) is 40.5 cm³/mol. The van der Waals surface area contributed by atoms with Crippen LogP contribution < -0.4 is 5.73 Å². The Kier molecular flexibility index (Phi) is 1.09. The highest BCUT2D eigenvalue weighted by atomic mass is 19.1. The highest BCUT2D eigenvalue weighted by Crippen LogP contribution is 2.19. The summed E-state index contributed by atoms with van der Waals surface area (Å²) in [4.78, 5) is 6.69. The summed E-state index contributed by atoms with van der Waals surface area (Å²) in [6.07, 6.45) is 1.49. The number of imidazole rings is 1. The Morgan fingerprint density at radius 1 is 1.45 bits per heavy atom. The summed E-state index contributed by atoms with van der Waals surface area (Å²) >= 11 is 0. The van der Waals surface area contributed by atoms with E-state index in [4.69, 9.17) is 5.73 Å². The van der Waals surface area contributed by atoms with Crippen molar-refractivity contribution in [2.45, 2.75) is 0 Å². The first kappa shape index (κ1) is 6.15. The number of H-pyrrole nitrogens is 1. The number of hydrogen-bond donors (Lipinski definition) is 2. The van der Waals surface area contributed by atoms with E-state index >= 15 is 0 Å². The molecule has 0 saturated carbocycles. The second-order valence-electron chi connectivity index (χ2n) is 2.26. The van der Waals surface area contributed by atoms with Crippen molar-refractivity contribution >= 4 is 16.7 Å². The van der Waals surface area contributed by atoms with E-state index < -0.39 is 5.82 Å². The van der Waals surface area contributed by atoms with Gasteiger partial charge < -0.3 is 10.7 Å². The van der Waals surface area contributed by atoms with Crippen molar-refractivity contribution in [1.82, 2.24) is 9.97 Å². The van der Waals surface area contributed by atoms with Crippen LogP contribution in [0.2, 0.25) is 0 Å². The third kappa shape index (κ3) is 0.756. The molecule has 0 aliphatic carbocycles. The zero-order valence-corrected chi connectivity index (χ0v) is 5.63. The number of halogens is 1. The Hall–Kier alpha value is -1.58. The number of nitrogens with zero attached hydrogens (tertiary/aromatic N) is 1. The zero-order chi connectivity index (χ0) is 7.84. The van der Waals surface area contributed by atoms with Crippen molar-refractivity contribution in [2.75, 3.05) is 5.73 Å². The normalized spacial score (nSPS) is 10.6. The molecule has 4 heteroatoms. The summed E-state index contributed by atoms with van der Waals surface area (Å²) in [5.41, 5.74) is 6.75. The third-order valence-corrected chi connectivity index (χ3v) is 1.58. The standard InChI is InChI=1S/C7H6FN3/c8-4-1-2-5-7(6(4)9)11-3-10-5/h1-3H,9H2,(H,10,11). The molecule has 1 heterocycles. The lowest BCUT2D eigenvalue weighted by Gasteiger charge is -1.94. The minimum atomic E-state index is -0.426. The molecule has 0 saturated heterocycles. The molecular formula is C7H6FN3. The van der Waals surface area contributed by atoms with E-state index in [9.17, 15) is 4.39 Å². The fourth-order valence-corrected chi connectivity index (χ4v) is 1.01. The smallest absolute Gasteiger partial charge is 0.148 e. The fourth-order valence-electron chi connectivity index (χ4n) is 1.01. The van der Waals surface area contributed by atoms with Gasteiger partial charge in [-0.15, -0.1) is 0 Å². The minimum Gasteiger partial charge on any atom is -0.395 e. The van der Waals surface area contributed by atoms with E-state index in [0.29, 0.717) is 5.52 Å². The van der Waals surface area contributed by atoms with Crippen molar-refractivity contribution < 1.29 is 4.39 Å². The van der Waals surface area contributed by atoms with Gasteiger partial charge in [-0.1, -0.05) is 0 Å². The van der Waals surface area contributed by atoms with Crippen LogP contribution in [0.3, 0.4) is 0 Å². The quantitative estimate of drug-likeness (QED) is 0.557. The van der Waals surface area contributed by atoms with Gasteiger partial charge in [0, 0.05) is 0 Å². The van der Waals surface area contributed by atoms with E-state index in [1.165, 1.54) is 12.4 Å². The Labute approximate surface area is 62.0 Å². The third-order valence-electron chi connectivity index (χ3n) is 1.58. The molecule has 2 rings (SSSR count). The number of benzene rings is 1. The molecule has 2 aromatic rings. The molecule has 3 nitrogen and oxygen atoms in total. The summed E-state index contributed by atoms with van der Waals surface area (Å²) in [7, 11) is 0. The Bertz CT molecular complexity index is 393. The maximum atomic E-state index is 12.7. The van der Waals surface area contributed by atoms with Crippen LogP contribution >= 0.6 is 0 Å². The van der Waals surface area contributed by atoms with Gasteiger partial charge in [0.05, 0.1) is 17.5 Å². The Morgan fingerprint density at radius 2 is 2.27 bits per heavy atom. The zero-order valence-electron chi connectivity index (χ0n) is 5.63. The second-order valence-corrected chi connectivity index (χ2v) is 2.26. The number of fused-ring (bicyclic) bond motifs is 1. The molecule has 0 unspecified atom stereocenters. The van der Waals surface area contributed by atoms with E-state index in [2.05, 4.69) is 9.97 Å². The largest absolute Gasteiger partial charge is 0.395 e. The van der Waals surface area contributed by atoms with Crippen LogP contribution in [-0.4, -0.2) is 9.97 Å². The number of hydrogen-bond acceptors (Lipinski definition) is 2. The summed E-state index contributed by atoms with van der Waals surface area (Å²) in [6.45, 7) is 0. The highest BCUT2D eigenvalue weighted by molar-refractivity contribution is 5.86. The van der Waals surface area contributed by atoms with E-state index in [0.717, 1.165) is 5.52 Å². The van der Waals surface area contributed by atoms with Gasteiger partial charge in [0.15, 0.2) is 0 Å². The topological polar surface area (TPSA) is 54.7 Å². The molecule has 0 amide bonds. The van der Waals surface area contributed by atoms with Gasteiger partial charge >= 0.3 is 0 Å². The van der Waals surface area contributed by atoms with Gasteiger partial charge in [-0.2, -0.15) is 0 Å². The van der Waals surface area contributed by atoms with Gasteiger partial charge in [0.2, 0.25) is 0 Å². The molecule has 0 radical (unpaired) electrons. The molecule has 0 bridgehead atoms. The lowest BCUT2D eigenvalue weighted by Crippen LogP contribution is -1.90. The van der Waals surface area contributed by atoms with Gasteiger partial charge in [0.25, 0.3) is 0 Å². The molecular weight excluding hydrogens is 145 g/mol.